The van der Waals surface area contributed by atoms with Crippen molar-refractivity contribution in [3.8, 4) is 5.75 Å². The van der Waals surface area contributed by atoms with Crippen LogP contribution in [0.15, 0.2) is 12.1 Å². The number of ether oxygens (including phenoxy) is 1. The van der Waals surface area contributed by atoms with Crippen LogP contribution in [0.25, 0.3) is 0 Å². The summed E-state index contributed by atoms with van der Waals surface area (Å²) < 4.78 is 5.09. The number of benzene rings is 1. The Balaban J connectivity index is 2.39. The second-order valence-corrected chi connectivity index (χ2v) is 4.87. The molecule has 18 heavy (non-hydrogen) atoms. The van der Waals surface area contributed by atoms with Gasteiger partial charge in [-0.15, -0.1) is 0 Å². The number of rotatable bonds is 8. The standard InChI is InChI=1S/C13H19Cl2NO2/c1-18-13-11(14)7-10(8-12(13)15)9-16-5-3-2-4-6-17/h7-8,16-17H,2-6,9H2,1H3. The van der Waals surface area contributed by atoms with Gasteiger partial charge in [-0.25, -0.2) is 0 Å². The Morgan fingerprint density at radius 2 is 1.83 bits per heavy atom. The number of unbranched alkanes of at least 4 members (excludes halogenated alkanes) is 2. The van der Waals surface area contributed by atoms with Crippen LogP contribution >= 0.6 is 23.2 Å². The molecule has 0 atom stereocenters. The lowest BCUT2D eigenvalue weighted by Crippen LogP contribution is -2.14. The van der Waals surface area contributed by atoms with E-state index in [2.05, 4.69) is 5.32 Å². The molecule has 102 valence electrons. The summed E-state index contributed by atoms with van der Waals surface area (Å²) in [5, 5.41) is 13.0. The zero-order valence-corrected chi connectivity index (χ0v) is 12.0. The lowest BCUT2D eigenvalue weighted by atomic mass is 10.2. The summed E-state index contributed by atoms with van der Waals surface area (Å²) in [5.41, 5.74) is 1.04. The summed E-state index contributed by atoms with van der Waals surface area (Å²) in [6, 6.07) is 3.71. The van der Waals surface area contributed by atoms with Crippen LogP contribution in [0.1, 0.15) is 24.8 Å². The number of hydrogen-bond acceptors (Lipinski definition) is 3. The van der Waals surface area contributed by atoms with Crippen LogP contribution in [0.2, 0.25) is 10.0 Å². The van der Waals surface area contributed by atoms with E-state index in [0.717, 1.165) is 37.9 Å². The molecule has 0 aliphatic rings. The van der Waals surface area contributed by atoms with Gasteiger partial charge in [0.25, 0.3) is 0 Å². The Bertz CT molecular complexity index is 349. The Hall–Kier alpha value is -0.480. The highest BCUT2D eigenvalue weighted by Crippen LogP contribution is 2.33. The van der Waals surface area contributed by atoms with Crippen molar-refractivity contribution in [3.63, 3.8) is 0 Å². The second kappa shape index (κ2) is 8.59. The maximum absolute atomic E-state index is 8.65. The van der Waals surface area contributed by atoms with Crippen LogP contribution in [0.4, 0.5) is 0 Å². The van der Waals surface area contributed by atoms with E-state index >= 15 is 0 Å². The van der Waals surface area contributed by atoms with Crippen molar-refractivity contribution in [1.82, 2.24) is 5.32 Å². The molecule has 3 nitrogen and oxygen atoms in total. The molecular weight excluding hydrogens is 273 g/mol. The number of nitrogens with one attached hydrogen (secondary N) is 1. The summed E-state index contributed by atoms with van der Waals surface area (Å²) in [5.74, 6) is 0.519. The lowest BCUT2D eigenvalue weighted by molar-refractivity contribution is 0.283. The van der Waals surface area contributed by atoms with Crippen LogP contribution < -0.4 is 10.1 Å². The van der Waals surface area contributed by atoms with Gasteiger partial charge in [-0.2, -0.15) is 0 Å². The van der Waals surface area contributed by atoms with Gasteiger partial charge >= 0.3 is 0 Å². The highest BCUT2D eigenvalue weighted by molar-refractivity contribution is 6.37. The molecule has 0 amide bonds. The molecule has 0 aliphatic heterocycles. The predicted molar refractivity (Wildman–Crippen MR) is 75.7 cm³/mol. The van der Waals surface area contributed by atoms with Gasteiger partial charge in [0.15, 0.2) is 5.75 Å². The van der Waals surface area contributed by atoms with Crippen LogP contribution in [0.5, 0.6) is 5.75 Å². The Morgan fingerprint density at radius 3 is 2.39 bits per heavy atom. The summed E-state index contributed by atoms with van der Waals surface area (Å²) >= 11 is 12.1. The zero-order chi connectivity index (χ0) is 13.4. The topological polar surface area (TPSA) is 41.5 Å². The van der Waals surface area contributed by atoms with Gasteiger partial charge < -0.3 is 15.2 Å². The molecule has 0 bridgehead atoms. The maximum atomic E-state index is 8.65. The van der Waals surface area contributed by atoms with Crippen molar-refractivity contribution in [1.29, 1.82) is 0 Å². The van der Waals surface area contributed by atoms with E-state index in [4.69, 9.17) is 33.0 Å². The fourth-order valence-corrected chi connectivity index (χ4v) is 2.37. The van der Waals surface area contributed by atoms with Crippen molar-refractivity contribution in [2.24, 2.45) is 0 Å². The SMILES string of the molecule is COc1c(Cl)cc(CNCCCCCO)cc1Cl. The first-order chi connectivity index (χ1) is 8.69. The third-order valence-electron chi connectivity index (χ3n) is 2.60. The minimum absolute atomic E-state index is 0.268. The minimum Gasteiger partial charge on any atom is -0.494 e. The average Bonchev–Trinajstić information content (AvgIpc) is 2.33. The van der Waals surface area contributed by atoms with Crippen LogP contribution in [-0.2, 0) is 6.54 Å². The first kappa shape index (κ1) is 15.6. The smallest absolute Gasteiger partial charge is 0.156 e. The number of aliphatic hydroxyl groups excluding tert-OH is 1. The highest BCUT2D eigenvalue weighted by Gasteiger charge is 2.08. The lowest BCUT2D eigenvalue weighted by Gasteiger charge is -2.09. The molecular formula is C13H19Cl2NO2. The van der Waals surface area contributed by atoms with E-state index < -0.39 is 0 Å². The van der Waals surface area contributed by atoms with Gasteiger partial charge in [0.1, 0.15) is 0 Å². The Labute approximate surface area is 118 Å². The molecule has 2 N–H and O–H groups in total. The molecule has 0 aliphatic carbocycles. The number of methoxy groups -OCH3 is 1. The first-order valence-corrected chi connectivity index (χ1v) is 6.78. The molecule has 0 saturated carbocycles. The molecule has 0 fully saturated rings. The van der Waals surface area contributed by atoms with Crippen LogP contribution in [0.3, 0.4) is 0 Å². The van der Waals surface area contributed by atoms with E-state index in [1.54, 1.807) is 7.11 Å². The second-order valence-electron chi connectivity index (χ2n) is 4.05. The van der Waals surface area contributed by atoms with E-state index in [-0.39, 0.29) is 6.61 Å². The van der Waals surface area contributed by atoms with Gasteiger partial charge in [-0.05, 0) is 43.5 Å². The zero-order valence-electron chi connectivity index (χ0n) is 10.5. The average molecular weight is 292 g/mol. The summed E-state index contributed by atoms with van der Waals surface area (Å²) in [6.45, 7) is 1.91. The number of hydrogen-bond donors (Lipinski definition) is 2. The van der Waals surface area contributed by atoms with Crippen LogP contribution in [-0.4, -0.2) is 25.4 Å². The fourth-order valence-electron chi connectivity index (χ4n) is 1.68. The summed E-state index contributed by atoms with van der Waals surface area (Å²) in [6.07, 6.45) is 2.95. The first-order valence-electron chi connectivity index (χ1n) is 6.02. The molecule has 0 spiro atoms. The van der Waals surface area contributed by atoms with Gasteiger partial charge in [0.2, 0.25) is 0 Å². The molecule has 0 heterocycles. The predicted octanol–water partition coefficient (Wildman–Crippen LogP) is 3.25. The van der Waals surface area contributed by atoms with Gasteiger partial charge in [-0.3, -0.25) is 0 Å². The summed E-state index contributed by atoms with van der Waals surface area (Å²) in [4.78, 5) is 0. The molecule has 0 unspecified atom stereocenters. The third kappa shape index (κ3) is 5.02. The fraction of sp³-hybridized carbons (Fsp3) is 0.538. The van der Waals surface area contributed by atoms with E-state index in [0.29, 0.717) is 15.8 Å². The normalized spacial score (nSPS) is 10.7. The third-order valence-corrected chi connectivity index (χ3v) is 3.16. The quantitative estimate of drug-likeness (QED) is 0.723. The monoisotopic (exact) mass is 291 g/mol. The Morgan fingerprint density at radius 1 is 1.17 bits per heavy atom. The summed E-state index contributed by atoms with van der Waals surface area (Å²) in [7, 11) is 1.55. The molecule has 5 heteroatoms. The van der Waals surface area contributed by atoms with Crippen LogP contribution in [0, 0.1) is 0 Å². The largest absolute Gasteiger partial charge is 0.494 e. The molecule has 0 saturated heterocycles. The molecule has 1 rings (SSSR count). The van der Waals surface area contributed by atoms with Gasteiger partial charge in [0.05, 0.1) is 17.2 Å². The van der Waals surface area contributed by atoms with Crippen molar-refractivity contribution < 1.29 is 9.84 Å². The minimum atomic E-state index is 0.268. The molecule has 0 aromatic heterocycles. The highest BCUT2D eigenvalue weighted by atomic mass is 35.5. The van der Waals surface area contributed by atoms with Crippen molar-refractivity contribution >= 4 is 23.2 Å². The maximum Gasteiger partial charge on any atom is 0.156 e. The molecule has 0 radical (unpaired) electrons. The Kier molecular flexibility index (Phi) is 7.44. The molecule has 1 aromatic rings. The van der Waals surface area contributed by atoms with Crippen molar-refractivity contribution in [3.05, 3.63) is 27.7 Å². The van der Waals surface area contributed by atoms with E-state index in [9.17, 15) is 0 Å². The van der Waals surface area contributed by atoms with Gasteiger partial charge in [0, 0.05) is 13.2 Å². The van der Waals surface area contributed by atoms with Crippen molar-refractivity contribution in [2.45, 2.75) is 25.8 Å². The number of aliphatic hydroxyl groups is 1. The van der Waals surface area contributed by atoms with E-state index in [1.165, 1.54) is 0 Å². The number of halogens is 2. The van der Waals surface area contributed by atoms with Gasteiger partial charge in [-0.1, -0.05) is 23.2 Å². The van der Waals surface area contributed by atoms with Crippen molar-refractivity contribution in [2.75, 3.05) is 20.3 Å². The van der Waals surface area contributed by atoms with E-state index in [1.807, 2.05) is 12.1 Å². The molecule has 1 aromatic carbocycles.